The zero-order valence-electron chi connectivity index (χ0n) is 12.9. The molecular weight excluding hydrogens is 294 g/mol. The second-order valence-corrected chi connectivity index (χ2v) is 7.42. The fourth-order valence-electron chi connectivity index (χ4n) is 3.19. The third-order valence-corrected chi connectivity index (χ3v) is 5.93. The van der Waals surface area contributed by atoms with Crippen LogP contribution in [0.25, 0.3) is 10.2 Å². The molecule has 1 amide bonds. The van der Waals surface area contributed by atoms with Gasteiger partial charge in [0.25, 0.3) is 0 Å². The van der Waals surface area contributed by atoms with Crippen LogP contribution in [-0.4, -0.2) is 42.0 Å². The summed E-state index contributed by atoms with van der Waals surface area (Å²) in [4.78, 5) is 21.4. The Labute approximate surface area is 134 Å². The summed E-state index contributed by atoms with van der Waals surface area (Å²) in [7, 11) is 0. The zero-order chi connectivity index (χ0) is 15.1. The van der Waals surface area contributed by atoms with Crippen molar-refractivity contribution >= 4 is 32.6 Å². The molecule has 1 saturated carbocycles. The highest BCUT2D eigenvalue weighted by Crippen LogP contribution is 2.31. The Morgan fingerprint density at radius 2 is 2.00 bits per heavy atom. The summed E-state index contributed by atoms with van der Waals surface area (Å²) in [6.07, 6.45) is 3.41. The molecule has 116 valence electrons. The molecule has 2 heterocycles. The van der Waals surface area contributed by atoms with Crippen molar-refractivity contribution < 1.29 is 4.79 Å². The van der Waals surface area contributed by atoms with Gasteiger partial charge in [-0.2, -0.15) is 0 Å². The second kappa shape index (κ2) is 5.54. The van der Waals surface area contributed by atoms with E-state index in [1.807, 2.05) is 0 Å². The standard InChI is InChI=1S/C17H21N3OS/c1-12-5-6-14-15(11-12)22-17(18-14)20-9-7-19(8-10-20)16(21)13-3-2-4-13/h5-6,11,13H,2-4,7-10H2,1H3. The summed E-state index contributed by atoms with van der Waals surface area (Å²) in [6, 6.07) is 6.41. The molecule has 0 bridgehead atoms. The van der Waals surface area contributed by atoms with Crippen LogP contribution in [0.4, 0.5) is 5.13 Å². The van der Waals surface area contributed by atoms with E-state index in [1.54, 1.807) is 11.3 Å². The minimum absolute atomic E-state index is 0.317. The molecule has 5 heteroatoms. The summed E-state index contributed by atoms with van der Waals surface area (Å²) in [5, 5.41) is 1.09. The average Bonchev–Trinajstić information content (AvgIpc) is 2.88. The van der Waals surface area contributed by atoms with Gasteiger partial charge < -0.3 is 9.80 Å². The van der Waals surface area contributed by atoms with Crippen molar-refractivity contribution in [3.8, 4) is 0 Å². The second-order valence-electron chi connectivity index (χ2n) is 6.41. The number of benzene rings is 1. The van der Waals surface area contributed by atoms with Gasteiger partial charge in [0.2, 0.25) is 5.91 Å². The van der Waals surface area contributed by atoms with E-state index in [4.69, 9.17) is 4.98 Å². The van der Waals surface area contributed by atoms with Crippen molar-refractivity contribution in [2.24, 2.45) is 5.92 Å². The van der Waals surface area contributed by atoms with Crippen molar-refractivity contribution in [1.29, 1.82) is 0 Å². The number of hydrogen-bond acceptors (Lipinski definition) is 4. The van der Waals surface area contributed by atoms with E-state index >= 15 is 0 Å². The van der Waals surface area contributed by atoms with Crippen LogP contribution < -0.4 is 4.90 Å². The number of amides is 1. The van der Waals surface area contributed by atoms with Crippen LogP contribution in [-0.2, 0) is 4.79 Å². The summed E-state index contributed by atoms with van der Waals surface area (Å²) < 4.78 is 1.25. The van der Waals surface area contributed by atoms with Crippen LogP contribution in [0.5, 0.6) is 0 Å². The molecule has 2 aliphatic rings. The van der Waals surface area contributed by atoms with Crippen molar-refractivity contribution in [3.05, 3.63) is 23.8 Å². The van der Waals surface area contributed by atoms with Gasteiger partial charge >= 0.3 is 0 Å². The normalized spacial score (nSPS) is 19.5. The van der Waals surface area contributed by atoms with Crippen LogP contribution in [0.3, 0.4) is 0 Å². The van der Waals surface area contributed by atoms with Crippen LogP contribution in [0, 0.1) is 12.8 Å². The fourth-order valence-corrected chi connectivity index (χ4v) is 4.30. The number of anilines is 1. The topological polar surface area (TPSA) is 36.4 Å². The lowest BCUT2D eigenvalue weighted by Gasteiger charge is -2.38. The minimum atomic E-state index is 0.317. The number of aromatic nitrogens is 1. The zero-order valence-corrected chi connectivity index (χ0v) is 13.7. The minimum Gasteiger partial charge on any atom is -0.345 e. The lowest BCUT2D eigenvalue weighted by molar-refractivity contribution is -0.138. The lowest BCUT2D eigenvalue weighted by Crippen LogP contribution is -2.51. The number of hydrogen-bond donors (Lipinski definition) is 0. The molecule has 1 aromatic carbocycles. The molecule has 4 nitrogen and oxygen atoms in total. The van der Waals surface area contributed by atoms with E-state index in [2.05, 4.69) is 34.9 Å². The van der Waals surface area contributed by atoms with E-state index in [1.165, 1.54) is 16.7 Å². The first-order valence-corrected chi connectivity index (χ1v) is 8.93. The first-order chi connectivity index (χ1) is 10.7. The van der Waals surface area contributed by atoms with Gasteiger partial charge in [-0.3, -0.25) is 4.79 Å². The highest BCUT2D eigenvalue weighted by molar-refractivity contribution is 7.22. The molecule has 0 unspecified atom stereocenters. The number of fused-ring (bicyclic) bond motifs is 1. The van der Waals surface area contributed by atoms with Crippen molar-refractivity contribution in [2.45, 2.75) is 26.2 Å². The van der Waals surface area contributed by atoms with Gasteiger partial charge in [0.15, 0.2) is 5.13 Å². The van der Waals surface area contributed by atoms with E-state index in [0.717, 1.165) is 49.7 Å². The molecular formula is C17H21N3OS. The van der Waals surface area contributed by atoms with E-state index in [-0.39, 0.29) is 0 Å². The molecule has 0 N–H and O–H groups in total. The number of carbonyl (C=O) groups is 1. The maximum Gasteiger partial charge on any atom is 0.225 e. The van der Waals surface area contributed by atoms with Gasteiger partial charge in [-0.25, -0.2) is 4.98 Å². The smallest absolute Gasteiger partial charge is 0.225 e. The van der Waals surface area contributed by atoms with Crippen LogP contribution in [0.2, 0.25) is 0 Å². The van der Waals surface area contributed by atoms with Crippen molar-refractivity contribution in [3.63, 3.8) is 0 Å². The van der Waals surface area contributed by atoms with Gasteiger partial charge in [-0.15, -0.1) is 0 Å². The maximum atomic E-state index is 12.3. The average molecular weight is 315 g/mol. The molecule has 1 saturated heterocycles. The highest BCUT2D eigenvalue weighted by Gasteiger charge is 2.31. The summed E-state index contributed by atoms with van der Waals surface area (Å²) >= 11 is 1.76. The van der Waals surface area contributed by atoms with E-state index < -0.39 is 0 Å². The first kappa shape index (κ1) is 14.0. The quantitative estimate of drug-likeness (QED) is 0.854. The Morgan fingerprint density at radius 3 is 2.68 bits per heavy atom. The van der Waals surface area contributed by atoms with Gasteiger partial charge in [-0.1, -0.05) is 23.8 Å². The lowest BCUT2D eigenvalue weighted by atomic mass is 9.84. The summed E-state index contributed by atoms with van der Waals surface area (Å²) in [5.41, 5.74) is 2.36. The Balaban J connectivity index is 1.44. The fraction of sp³-hybridized carbons (Fsp3) is 0.529. The third-order valence-electron chi connectivity index (χ3n) is 4.85. The monoisotopic (exact) mass is 315 g/mol. The summed E-state index contributed by atoms with van der Waals surface area (Å²) in [5.74, 6) is 0.697. The molecule has 1 aliphatic heterocycles. The van der Waals surface area contributed by atoms with Crippen LogP contribution in [0.1, 0.15) is 24.8 Å². The SMILES string of the molecule is Cc1ccc2nc(N3CCN(C(=O)C4CCC4)CC3)sc2c1. The molecule has 0 spiro atoms. The van der Waals surface area contributed by atoms with Gasteiger partial charge in [0.05, 0.1) is 10.2 Å². The maximum absolute atomic E-state index is 12.3. The molecule has 1 aliphatic carbocycles. The Bertz CT molecular complexity index is 699. The van der Waals surface area contributed by atoms with Crippen molar-refractivity contribution in [2.75, 3.05) is 31.1 Å². The predicted octanol–water partition coefficient (Wildman–Crippen LogP) is 3.05. The highest BCUT2D eigenvalue weighted by atomic mass is 32.1. The molecule has 1 aromatic heterocycles. The number of nitrogens with zero attached hydrogens (tertiary/aromatic N) is 3. The molecule has 22 heavy (non-hydrogen) atoms. The molecule has 4 rings (SSSR count). The third kappa shape index (κ3) is 2.47. The molecule has 2 aromatic rings. The Hall–Kier alpha value is -1.62. The first-order valence-electron chi connectivity index (χ1n) is 8.11. The molecule has 0 radical (unpaired) electrons. The molecule has 0 atom stereocenters. The number of thiazole rings is 1. The van der Waals surface area contributed by atoms with E-state index in [0.29, 0.717) is 11.8 Å². The number of carbonyl (C=O) groups excluding carboxylic acids is 1. The van der Waals surface area contributed by atoms with Crippen molar-refractivity contribution in [1.82, 2.24) is 9.88 Å². The number of aryl methyl sites for hydroxylation is 1. The van der Waals surface area contributed by atoms with Gasteiger partial charge in [0, 0.05) is 32.1 Å². The van der Waals surface area contributed by atoms with E-state index in [9.17, 15) is 4.79 Å². The largest absolute Gasteiger partial charge is 0.345 e. The Kier molecular flexibility index (Phi) is 3.53. The predicted molar refractivity (Wildman–Crippen MR) is 90.5 cm³/mol. The number of rotatable bonds is 2. The van der Waals surface area contributed by atoms with Crippen LogP contribution in [0.15, 0.2) is 18.2 Å². The summed E-state index contributed by atoms with van der Waals surface area (Å²) in [6.45, 7) is 5.59. The van der Waals surface area contributed by atoms with Crippen LogP contribution >= 0.6 is 11.3 Å². The van der Waals surface area contributed by atoms with Gasteiger partial charge in [0.1, 0.15) is 0 Å². The number of piperazine rings is 1. The van der Waals surface area contributed by atoms with Gasteiger partial charge in [-0.05, 0) is 37.5 Å². The Morgan fingerprint density at radius 1 is 1.23 bits per heavy atom. The molecule has 2 fully saturated rings.